The van der Waals surface area contributed by atoms with Gasteiger partial charge in [0.1, 0.15) is 0 Å². The lowest BCUT2D eigenvalue weighted by Crippen LogP contribution is -2.38. The summed E-state index contributed by atoms with van der Waals surface area (Å²) in [6.07, 6.45) is 6.91. The van der Waals surface area contributed by atoms with Crippen LogP contribution in [0.1, 0.15) is 46.0 Å². The molecule has 2 nitrogen and oxygen atoms in total. The first kappa shape index (κ1) is 12.0. The second-order valence-corrected chi connectivity index (χ2v) is 4.54. The summed E-state index contributed by atoms with van der Waals surface area (Å²) in [7, 11) is 0. The van der Waals surface area contributed by atoms with Crippen molar-refractivity contribution in [1.82, 2.24) is 4.90 Å². The van der Waals surface area contributed by atoms with Gasteiger partial charge >= 0.3 is 0 Å². The first-order valence-electron chi connectivity index (χ1n) is 6.25. The molecule has 1 saturated carbocycles. The zero-order chi connectivity index (χ0) is 10.4. The van der Waals surface area contributed by atoms with E-state index in [-0.39, 0.29) is 0 Å². The van der Waals surface area contributed by atoms with Crippen LogP contribution >= 0.6 is 0 Å². The van der Waals surface area contributed by atoms with Gasteiger partial charge < -0.3 is 10.6 Å². The van der Waals surface area contributed by atoms with Gasteiger partial charge in [-0.3, -0.25) is 0 Å². The van der Waals surface area contributed by atoms with Crippen LogP contribution in [0.15, 0.2) is 0 Å². The molecule has 0 bridgehead atoms. The SMILES string of the molecule is CCC(CN)CN(CC)C1CCCC1. The first-order valence-corrected chi connectivity index (χ1v) is 6.25. The second kappa shape index (κ2) is 6.41. The average Bonchev–Trinajstić information content (AvgIpc) is 2.73. The first-order chi connectivity index (χ1) is 6.81. The van der Waals surface area contributed by atoms with Gasteiger partial charge in [-0.1, -0.05) is 33.1 Å². The fourth-order valence-electron chi connectivity index (χ4n) is 2.51. The second-order valence-electron chi connectivity index (χ2n) is 4.54. The van der Waals surface area contributed by atoms with Crippen molar-refractivity contribution in [1.29, 1.82) is 0 Å². The molecule has 14 heavy (non-hydrogen) atoms. The van der Waals surface area contributed by atoms with Gasteiger partial charge in [0.25, 0.3) is 0 Å². The molecule has 0 spiro atoms. The van der Waals surface area contributed by atoms with Crippen LogP contribution in [0.2, 0.25) is 0 Å². The molecule has 0 heterocycles. The van der Waals surface area contributed by atoms with E-state index in [0.717, 1.165) is 12.6 Å². The molecule has 0 saturated heterocycles. The summed E-state index contributed by atoms with van der Waals surface area (Å²) in [6, 6.07) is 0.862. The summed E-state index contributed by atoms with van der Waals surface area (Å²) in [4.78, 5) is 2.65. The van der Waals surface area contributed by atoms with Crippen molar-refractivity contribution in [2.24, 2.45) is 11.7 Å². The van der Waals surface area contributed by atoms with Crippen molar-refractivity contribution in [2.45, 2.75) is 52.0 Å². The Morgan fingerprint density at radius 1 is 1.29 bits per heavy atom. The molecule has 1 aliphatic carbocycles. The van der Waals surface area contributed by atoms with Gasteiger partial charge in [-0.2, -0.15) is 0 Å². The van der Waals surface area contributed by atoms with E-state index in [0.29, 0.717) is 5.92 Å². The third kappa shape index (κ3) is 3.25. The lowest BCUT2D eigenvalue weighted by atomic mass is 10.0. The van der Waals surface area contributed by atoms with Crippen LogP contribution in [0.3, 0.4) is 0 Å². The predicted molar refractivity (Wildman–Crippen MR) is 62.3 cm³/mol. The van der Waals surface area contributed by atoms with Crippen LogP contribution in [-0.4, -0.2) is 30.6 Å². The molecule has 0 aromatic carbocycles. The van der Waals surface area contributed by atoms with Crippen molar-refractivity contribution in [3.63, 3.8) is 0 Å². The molecule has 1 fully saturated rings. The highest BCUT2D eigenvalue weighted by molar-refractivity contribution is 4.78. The molecule has 1 rings (SSSR count). The van der Waals surface area contributed by atoms with Gasteiger partial charge in [-0.05, 0) is 31.8 Å². The van der Waals surface area contributed by atoms with Gasteiger partial charge in [0.05, 0.1) is 0 Å². The molecular formula is C12H26N2. The molecule has 1 aliphatic rings. The molecule has 2 N–H and O–H groups in total. The van der Waals surface area contributed by atoms with Gasteiger partial charge in [-0.15, -0.1) is 0 Å². The van der Waals surface area contributed by atoms with E-state index in [9.17, 15) is 0 Å². The molecule has 0 aromatic rings. The van der Waals surface area contributed by atoms with Gasteiger partial charge in [-0.25, -0.2) is 0 Å². The zero-order valence-electron chi connectivity index (χ0n) is 9.84. The van der Waals surface area contributed by atoms with Crippen molar-refractivity contribution in [3.05, 3.63) is 0 Å². The average molecular weight is 198 g/mol. The maximum Gasteiger partial charge on any atom is 0.00952 e. The summed E-state index contributed by atoms with van der Waals surface area (Å²) in [5.41, 5.74) is 5.76. The normalized spacial score (nSPS) is 20.6. The molecule has 1 unspecified atom stereocenters. The lowest BCUT2D eigenvalue weighted by Gasteiger charge is -2.30. The monoisotopic (exact) mass is 198 g/mol. The Hall–Kier alpha value is -0.0800. The molecular weight excluding hydrogens is 172 g/mol. The largest absolute Gasteiger partial charge is 0.330 e. The van der Waals surface area contributed by atoms with Crippen LogP contribution in [-0.2, 0) is 0 Å². The maximum atomic E-state index is 5.76. The van der Waals surface area contributed by atoms with E-state index in [1.165, 1.54) is 45.2 Å². The Morgan fingerprint density at radius 2 is 1.93 bits per heavy atom. The van der Waals surface area contributed by atoms with Crippen LogP contribution in [0.25, 0.3) is 0 Å². The topological polar surface area (TPSA) is 29.3 Å². The van der Waals surface area contributed by atoms with Crippen molar-refractivity contribution >= 4 is 0 Å². The van der Waals surface area contributed by atoms with E-state index in [1.807, 2.05) is 0 Å². The molecule has 84 valence electrons. The third-order valence-corrected chi connectivity index (χ3v) is 3.65. The quantitative estimate of drug-likeness (QED) is 0.709. The third-order valence-electron chi connectivity index (χ3n) is 3.65. The highest BCUT2D eigenvalue weighted by Gasteiger charge is 2.22. The number of hydrogen-bond acceptors (Lipinski definition) is 2. The Kier molecular flexibility index (Phi) is 5.49. The Labute approximate surface area is 88.8 Å². The van der Waals surface area contributed by atoms with Crippen LogP contribution in [0.5, 0.6) is 0 Å². The summed E-state index contributed by atoms with van der Waals surface area (Å²) < 4.78 is 0. The molecule has 0 aliphatic heterocycles. The van der Waals surface area contributed by atoms with Crippen molar-refractivity contribution in [2.75, 3.05) is 19.6 Å². The number of rotatable bonds is 6. The molecule has 1 atom stereocenters. The Bertz CT molecular complexity index is 137. The van der Waals surface area contributed by atoms with Crippen molar-refractivity contribution in [3.8, 4) is 0 Å². The molecule has 0 aromatic heterocycles. The number of nitrogens with zero attached hydrogens (tertiary/aromatic N) is 1. The van der Waals surface area contributed by atoms with Crippen LogP contribution in [0.4, 0.5) is 0 Å². The zero-order valence-corrected chi connectivity index (χ0v) is 9.84. The summed E-state index contributed by atoms with van der Waals surface area (Å²) in [5.74, 6) is 0.704. The highest BCUT2D eigenvalue weighted by atomic mass is 15.2. The van der Waals surface area contributed by atoms with E-state index in [1.54, 1.807) is 0 Å². The van der Waals surface area contributed by atoms with Crippen LogP contribution < -0.4 is 5.73 Å². The predicted octanol–water partition coefficient (Wildman–Crippen LogP) is 2.24. The molecule has 0 radical (unpaired) electrons. The van der Waals surface area contributed by atoms with E-state index >= 15 is 0 Å². The maximum absolute atomic E-state index is 5.76. The molecule has 2 heteroatoms. The van der Waals surface area contributed by atoms with Crippen LogP contribution in [0, 0.1) is 5.92 Å². The summed E-state index contributed by atoms with van der Waals surface area (Å²) in [6.45, 7) is 7.79. The summed E-state index contributed by atoms with van der Waals surface area (Å²) in [5, 5.41) is 0. The van der Waals surface area contributed by atoms with Crippen molar-refractivity contribution < 1.29 is 0 Å². The minimum absolute atomic E-state index is 0.704. The van der Waals surface area contributed by atoms with E-state index in [4.69, 9.17) is 5.73 Å². The number of nitrogens with two attached hydrogens (primary N) is 1. The van der Waals surface area contributed by atoms with Gasteiger partial charge in [0, 0.05) is 12.6 Å². The smallest absolute Gasteiger partial charge is 0.00952 e. The lowest BCUT2D eigenvalue weighted by molar-refractivity contribution is 0.176. The minimum atomic E-state index is 0.704. The fraction of sp³-hybridized carbons (Fsp3) is 1.00. The standard InChI is InChI=1S/C12H26N2/c1-3-11(9-13)10-14(4-2)12-7-5-6-8-12/h11-12H,3-10,13H2,1-2H3. The minimum Gasteiger partial charge on any atom is -0.330 e. The van der Waals surface area contributed by atoms with Gasteiger partial charge in [0.15, 0.2) is 0 Å². The summed E-state index contributed by atoms with van der Waals surface area (Å²) >= 11 is 0. The van der Waals surface area contributed by atoms with Gasteiger partial charge in [0.2, 0.25) is 0 Å². The fourth-order valence-corrected chi connectivity index (χ4v) is 2.51. The highest BCUT2D eigenvalue weighted by Crippen LogP contribution is 2.24. The van der Waals surface area contributed by atoms with E-state index in [2.05, 4.69) is 18.7 Å². The number of hydrogen-bond donors (Lipinski definition) is 1. The van der Waals surface area contributed by atoms with E-state index < -0.39 is 0 Å². The Balaban J connectivity index is 2.36. The molecule has 0 amide bonds. The Morgan fingerprint density at radius 3 is 2.36 bits per heavy atom.